The minimum absolute atomic E-state index is 0.0370. The SMILES string of the molecule is O=C1CS[C@H](c2ccc3cccc(O)c3n2)N1c1ccc(F)c(Cl)c1. The number of pyridine rings is 1. The number of carbonyl (C=O) groups is 1. The lowest BCUT2D eigenvalue weighted by atomic mass is 10.1. The third-order valence-corrected chi connectivity index (χ3v) is 5.49. The first kappa shape index (κ1) is 16.2. The second-order valence-corrected chi connectivity index (χ2v) is 7.09. The number of nitrogens with zero attached hydrogens (tertiary/aromatic N) is 2. The fraction of sp³-hybridized carbons (Fsp3) is 0.111. The van der Waals surface area contributed by atoms with Gasteiger partial charge >= 0.3 is 0 Å². The first-order valence-electron chi connectivity index (χ1n) is 7.52. The summed E-state index contributed by atoms with van der Waals surface area (Å²) in [5.41, 5.74) is 1.65. The minimum atomic E-state index is -0.532. The van der Waals surface area contributed by atoms with E-state index in [-0.39, 0.29) is 22.1 Å². The maximum Gasteiger partial charge on any atom is 0.238 e. The summed E-state index contributed by atoms with van der Waals surface area (Å²) in [7, 11) is 0. The number of fused-ring (bicyclic) bond motifs is 1. The van der Waals surface area contributed by atoms with Gasteiger partial charge in [-0.3, -0.25) is 9.69 Å². The Balaban J connectivity index is 1.79. The molecule has 1 saturated heterocycles. The lowest BCUT2D eigenvalue weighted by molar-refractivity contribution is -0.115. The molecule has 3 aromatic rings. The molecule has 7 heteroatoms. The molecular formula is C18H12ClFN2O2S. The van der Waals surface area contributed by atoms with Gasteiger partial charge in [0.2, 0.25) is 5.91 Å². The summed E-state index contributed by atoms with van der Waals surface area (Å²) >= 11 is 7.29. The monoisotopic (exact) mass is 374 g/mol. The van der Waals surface area contributed by atoms with Gasteiger partial charge in [0.25, 0.3) is 0 Å². The van der Waals surface area contributed by atoms with E-state index in [1.54, 1.807) is 17.0 Å². The van der Waals surface area contributed by atoms with Crippen LogP contribution in [0, 0.1) is 5.82 Å². The lowest BCUT2D eigenvalue weighted by Gasteiger charge is -2.24. The van der Waals surface area contributed by atoms with Crippen molar-refractivity contribution in [3.8, 4) is 5.75 Å². The average Bonchev–Trinajstić information content (AvgIpc) is 2.99. The Kier molecular flexibility index (Phi) is 4.01. The largest absolute Gasteiger partial charge is 0.506 e. The van der Waals surface area contributed by atoms with E-state index in [0.29, 0.717) is 22.7 Å². The topological polar surface area (TPSA) is 53.4 Å². The van der Waals surface area contributed by atoms with Crippen molar-refractivity contribution in [3.63, 3.8) is 0 Å². The van der Waals surface area contributed by atoms with Gasteiger partial charge in [0, 0.05) is 11.1 Å². The number of phenols is 1. The van der Waals surface area contributed by atoms with Crippen molar-refractivity contribution in [2.45, 2.75) is 5.37 Å². The summed E-state index contributed by atoms with van der Waals surface area (Å²) in [6.45, 7) is 0. The molecule has 2 aromatic carbocycles. The van der Waals surface area contributed by atoms with Crippen molar-refractivity contribution >= 4 is 45.9 Å². The minimum Gasteiger partial charge on any atom is -0.506 e. The predicted molar refractivity (Wildman–Crippen MR) is 97.5 cm³/mol. The number of amides is 1. The molecule has 25 heavy (non-hydrogen) atoms. The Hall–Kier alpha value is -2.31. The molecule has 1 N–H and O–H groups in total. The van der Waals surface area contributed by atoms with E-state index in [1.807, 2.05) is 18.2 Å². The highest BCUT2D eigenvalue weighted by Gasteiger charge is 2.35. The molecule has 1 atom stereocenters. The molecule has 0 saturated carbocycles. The summed E-state index contributed by atoms with van der Waals surface area (Å²) in [5, 5.41) is 10.4. The molecule has 126 valence electrons. The average molecular weight is 375 g/mol. The first-order valence-corrected chi connectivity index (χ1v) is 8.94. The molecule has 1 aliphatic rings. The number of aromatic nitrogens is 1. The molecule has 1 aromatic heterocycles. The van der Waals surface area contributed by atoms with Crippen molar-refractivity contribution in [1.82, 2.24) is 4.98 Å². The summed E-state index contributed by atoms with van der Waals surface area (Å²) in [6.07, 6.45) is 0. The number of halogens is 2. The first-order chi connectivity index (χ1) is 12.0. The molecule has 0 bridgehead atoms. The van der Waals surface area contributed by atoms with Gasteiger partial charge in [-0.05, 0) is 30.3 Å². The number of benzene rings is 2. The molecule has 4 rings (SSSR count). The van der Waals surface area contributed by atoms with Crippen molar-refractivity contribution in [1.29, 1.82) is 0 Å². The van der Waals surface area contributed by atoms with Gasteiger partial charge in [-0.15, -0.1) is 11.8 Å². The van der Waals surface area contributed by atoms with Gasteiger partial charge in [-0.25, -0.2) is 9.37 Å². The van der Waals surface area contributed by atoms with E-state index in [9.17, 15) is 14.3 Å². The van der Waals surface area contributed by atoms with Crippen LogP contribution in [0.4, 0.5) is 10.1 Å². The number of para-hydroxylation sites is 1. The Morgan fingerprint density at radius 2 is 2.08 bits per heavy atom. The molecule has 0 unspecified atom stereocenters. The summed E-state index contributed by atoms with van der Waals surface area (Å²) in [5.74, 6) is -0.253. The van der Waals surface area contributed by atoms with E-state index < -0.39 is 5.82 Å². The van der Waals surface area contributed by atoms with Gasteiger partial charge in [0.1, 0.15) is 22.5 Å². The lowest BCUT2D eigenvalue weighted by Crippen LogP contribution is -2.28. The zero-order valence-corrected chi connectivity index (χ0v) is 14.4. The Bertz CT molecular complexity index is 998. The number of anilines is 1. The highest BCUT2D eigenvalue weighted by Crippen LogP contribution is 2.42. The number of carbonyl (C=O) groups excluding carboxylic acids is 1. The number of thioether (sulfide) groups is 1. The molecular weight excluding hydrogens is 363 g/mol. The molecule has 1 amide bonds. The zero-order valence-electron chi connectivity index (χ0n) is 12.8. The van der Waals surface area contributed by atoms with Crippen LogP contribution in [0.5, 0.6) is 5.75 Å². The van der Waals surface area contributed by atoms with Gasteiger partial charge in [0.15, 0.2) is 0 Å². The second-order valence-electron chi connectivity index (χ2n) is 5.61. The van der Waals surface area contributed by atoms with E-state index in [4.69, 9.17) is 11.6 Å². The third-order valence-electron chi connectivity index (χ3n) is 4.02. The molecule has 2 heterocycles. The van der Waals surface area contributed by atoms with Crippen molar-refractivity contribution in [2.75, 3.05) is 10.7 Å². The van der Waals surface area contributed by atoms with E-state index in [2.05, 4.69) is 4.98 Å². The van der Waals surface area contributed by atoms with E-state index in [0.717, 1.165) is 5.39 Å². The molecule has 4 nitrogen and oxygen atoms in total. The van der Waals surface area contributed by atoms with Crippen LogP contribution in [-0.2, 0) is 4.79 Å². The second kappa shape index (κ2) is 6.20. The molecule has 1 fully saturated rings. The normalized spacial score (nSPS) is 17.4. The Morgan fingerprint density at radius 3 is 2.88 bits per heavy atom. The summed E-state index contributed by atoms with van der Waals surface area (Å²) in [6, 6.07) is 13.1. The van der Waals surface area contributed by atoms with Gasteiger partial charge in [0.05, 0.1) is 16.5 Å². The highest BCUT2D eigenvalue weighted by atomic mass is 35.5. The highest BCUT2D eigenvalue weighted by molar-refractivity contribution is 8.00. The van der Waals surface area contributed by atoms with Gasteiger partial charge < -0.3 is 5.11 Å². The van der Waals surface area contributed by atoms with Crippen LogP contribution < -0.4 is 4.90 Å². The Morgan fingerprint density at radius 1 is 1.24 bits per heavy atom. The van der Waals surface area contributed by atoms with Crippen LogP contribution in [0.2, 0.25) is 5.02 Å². The molecule has 0 spiro atoms. The van der Waals surface area contributed by atoms with E-state index in [1.165, 1.54) is 30.0 Å². The third kappa shape index (κ3) is 2.81. The van der Waals surface area contributed by atoms with Crippen LogP contribution in [-0.4, -0.2) is 21.8 Å². The zero-order chi connectivity index (χ0) is 17.6. The summed E-state index contributed by atoms with van der Waals surface area (Å²) in [4.78, 5) is 18.5. The van der Waals surface area contributed by atoms with E-state index >= 15 is 0 Å². The van der Waals surface area contributed by atoms with Gasteiger partial charge in [-0.2, -0.15) is 0 Å². The number of hydrogen-bond acceptors (Lipinski definition) is 4. The standard InChI is InChI=1S/C18H12ClFN2O2S/c19-12-8-11(5-6-13(12)20)22-16(24)9-25-18(22)14-7-4-10-2-1-3-15(23)17(10)21-14/h1-8,18,23H,9H2/t18-/m1/s1. The number of phenolic OH excluding ortho intramolecular Hbond substituents is 1. The number of hydrogen-bond donors (Lipinski definition) is 1. The number of rotatable bonds is 2. The predicted octanol–water partition coefficient (Wildman–Crippen LogP) is 4.51. The molecule has 0 aliphatic carbocycles. The smallest absolute Gasteiger partial charge is 0.238 e. The molecule has 1 aliphatic heterocycles. The van der Waals surface area contributed by atoms with Crippen molar-refractivity contribution < 1.29 is 14.3 Å². The fourth-order valence-corrected chi connectivity index (χ4v) is 4.15. The quantitative estimate of drug-likeness (QED) is 0.717. The van der Waals surface area contributed by atoms with Crippen LogP contribution >= 0.6 is 23.4 Å². The van der Waals surface area contributed by atoms with Crippen LogP contribution in [0.3, 0.4) is 0 Å². The van der Waals surface area contributed by atoms with Crippen molar-refractivity contribution in [2.24, 2.45) is 0 Å². The summed E-state index contributed by atoms with van der Waals surface area (Å²) < 4.78 is 13.4. The fourth-order valence-electron chi connectivity index (χ4n) is 2.84. The van der Waals surface area contributed by atoms with Crippen LogP contribution in [0.15, 0.2) is 48.5 Å². The maximum atomic E-state index is 13.4. The van der Waals surface area contributed by atoms with Crippen LogP contribution in [0.25, 0.3) is 10.9 Å². The van der Waals surface area contributed by atoms with Crippen LogP contribution in [0.1, 0.15) is 11.1 Å². The van der Waals surface area contributed by atoms with Crippen molar-refractivity contribution in [3.05, 3.63) is 65.1 Å². The van der Waals surface area contributed by atoms with Gasteiger partial charge in [-0.1, -0.05) is 29.8 Å². The number of aromatic hydroxyl groups is 1. The molecule has 0 radical (unpaired) electrons. The Labute approximate surface area is 152 Å². The maximum absolute atomic E-state index is 13.4.